The van der Waals surface area contributed by atoms with Gasteiger partial charge in [-0.05, 0) is 68.8 Å². The number of hydrogen-bond acceptors (Lipinski definition) is 6. The van der Waals surface area contributed by atoms with Crippen LogP contribution < -0.4 is 19.1 Å². The standard InChI is InChI=1S/C29H28ClNO6/c1-5-36-24-15-18(12-13-23(24)35-4)26-25(27(32)19-8-6-11-22(14-19)37-17(2)3)28(33)29(34)31(26)21-10-7-9-20(30)16-21/h6-17,26,32H,5H2,1-4H3/b27-25-. The number of anilines is 1. The molecule has 1 fully saturated rings. The van der Waals surface area contributed by atoms with E-state index in [9.17, 15) is 14.7 Å². The van der Waals surface area contributed by atoms with Crippen molar-refractivity contribution < 1.29 is 28.9 Å². The number of carbonyl (C=O) groups excluding carboxylic acids is 2. The van der Waals surface area contributed by atoms with E-state index in [4.69, 9.17) is 25.8 Å². The van der Waals surface area contributed by atoms with Crippen molar-refractivity contribution in [3.05, 3.63) is 88.5 Å². The van der Waals surface area contributed by atoms with Crippen molar-refractivity contribution in [2.75, 3.05) is 18.6 Å². The van der Waals surface area contributed by atoms with Gasteiger partial charge in [0.05, 0.1) is 31.4 Å². The molecule has 8 heteroatoms. The predicted octanol–water partition coefficient (Wildman–Crippen LogP) is 6.16. The number of rotatable bonds is 8. The maximum absolute atomic E-state index is 13.4. The van der Waals surface area contributed by atoms with Crippen LogP contribution in [0, 0.1) is 0 Å². The van der Waals surface area contributed by atoms with Crippen molar-refractivity contribution in [1.82, 2.24) is 0 Å². The van der Waals surface area contributed by atoms with Crippen molar-refractivity contribution in [2.45, 2.75) is 32.9 Å². The number of halogens is 1. The van der Waals surface area contributed by atoms with E-state index >= 15 is 0 Å². The van der Waals surface area contributed by atoms with Crippen molar-refractivity contribution in [3.63, 3.8) is 0 Å². The van der Waals surface area contributed by atoms with Crippen LogP contribution in [0.25, 0.3) is 5.76 Å². The van der Waals surface area contributed by atoms with Crippen LogP contribution >= 0.6 is 11.6 Å². The van der Waals surface area contributed by atoms with E-state index in [1.54, 1.807) is 66.7 Å². The summed E-state index contributed by atoms with van der Waals surface area (Å²) < 4.78 is 16.9. The Bertz CT molecular complexity index is 1370. The minimum Gasteiger partial charge on any atom is -0.507 e. The van der Waals surface area contributed by atoms with Gasteiger partial charge in [-0.15, -0.1) is 0 Å². The van der Waals surface area contributed by atoms with Crippen LogP contribution in [0.15, 0.2) is 72.3 Å². The Balaban J connectivity index is 1.94. The lowest BCUT2D eigenvalue weighted by atomic mass is 9.94. The molecule has 1 aliphatic heterocycles. The number of hydrogen-bond donors (Lipinski definition) is 1. The van der Waals surface area contributed by atoms with Gasteiger partial charge in [0, 0.05) is 16.3 Å². The quantitative estimate of drug-likeness (QED) is 0.217. The lowest BCUT2D eigenvalue weighted by Gasteiger charge is -2.26. The van der Waals surface area contributed by atoms with Crippen molar-refractivity contribution in [2.24, 2.45) is 0 Å². The summed E-state index contributed by atoms with van der Waals surface area (Å²) in [6, 6.07) is 17.6. The molecule has 4 rings (SSSR count). The zero-order valence-corrected chi connectivity index (χ0v) is 21.8. The maximum atomic E-state index is 13.4. The summed E-state index contributed by atoms with van der Waals surface area (Å²) in [6.45, 7) is 6.01. The van der Waals surface area contributed by atoms with Crippen LogP contribution in [0.1, 0.15) is 37.9 Å². The molecule has 0 aromatic heterocycles. The van der Waals surface area contributed by atoms with Gasteiger partial charge >= 0.3 is 0 Å². The highest BCUT2D eigenvalue weighted by Gasteiger charge is 2.47. The zero-order valence-electron chi connectivity index (χ0n) is 21.0. The van der Waals surface area contributed by atoms with Gasteiger partial charge in [0.2, 0.25) is 0 Å². The first-order valence-electron chi connectivity index (χ1n) is 11.9. The highest BCUT2D eigenvalue weighted by molar-refractivity contribution is 6.51. The minimum absolute atomic E-state index is 0.0562. The number of ketones is 1. The molecule has 0 bridgehead atoms. The summed E-state index contributed by atoms with van der Waals surface area (Å²) in [5.74, 6) is -0.419. The fourth-order valence-corrected chi connectivity index (χ4v) is 4.50. The highest BCUT2D eigenvalue weighted by atomic mass is 35.5. The average molecular weight is 522 g/mol. The molecule has 1 amide bonds. The second kappa shape index (κ2) is 11.0. The number of amides is 1. The largest absolute Gasteiger partial charge is 0.507 e. The molecule has 1 atom stereocenters. The molecule has 1 N–H and O–H groups in total. The summed E-state index contributed by atoms with van der Waals surface area (Å²) in [6.07, 6.45) is -0.0814. The molecule has 3 aromatic rings. The summed E-state index contributed by atoms with van der Waals surface area (Å²) in [7, 11) is 1.53. The predicted molar refractivity (Wildman–Crippen MR) is 143 cm³/mol. The smallest absolute Gasteiger partial charge is 0.300 e. The fourth-order valence-electron chi connectivity index (χ4n) is 4.32. The zero-order chi connectivity index (χ0) is 26.7. The highest BCUT2D eigenvalue weighted by Crippen LogP contribution is 2.44. The monoisotopic (exact) mass is 521 g/mol. The van der Waals surface area contributed by atoms with Crippen LogP contribution in [0.5, 0.6) is 17.2 Å². The molecule has 7 nitrogen and oxygen atoms in total. The molecule has 1 saturated heterocycles. The molecule has 1 heterocycles. The van der Waals surface area contributed by atoms with E-state index in [0.29, 0.717) is 45.7 Å². The SMILES string of the molecule is CCOc1cc(C2/C(=C(/O)c3cccc(OC(C)C)c3)C(=O)C(=O)N2c2cccc(Cl)c2)ccc1OC. The molecule has 192 valence electrons. The Kier molecular flexibility index (Phi) is 7.74. The molecular weight excluding hydrogens is 494 g/mol. The molecular formula is C29H28ClNO6. The van der Waals surface area contributed by atoms with Crippen LogP contribution in [-0.4, -0.2) is 36.6 Å². The van der Waals surface area contributed by atoms with Crippen molar-refractivity contribution >= 4 is 34.7 Å². The third-order valence-electron chi connectivity index (χ3n) is 5.81. The topological polar surface area (TPSA) is 85.3 Å². The van der Waals surface area contributed by atoms with E-state index in [0.717, 1.165) is 0 Å². The lowest BCUT2D eigenvalue weighted by Crippen LogP contribution is -2.29. The van der Waals surface area contributed by atoms with Gasteiger partial charge in [0.15, 0.2) is 11.5 Å². The first-order valence-corrected chi connectivity index (χ1v) is 12.3. The second-order valence-corrected chi connectivity index (χ2v) is 9.12. The van der Waals surface area contributed by atoms with E-state index in [1.807, 2.05) is 20.8 Å². The third-order valence-corrected chi connectivity index (χ3v) is 6.05. The van der Waals surface area contributed by atoms with Crippen LogP contribution in [-0.2, 0) is 9.59 Å². The Morgan fingerprint density at radius 2 is 1.78 bits per heavy atom. The summed E-state index contributed by atoms with van der Waals surface area (Å²) >= 11 is 6.23. The lowest BCUT2D eigenvalue weighted by molar-refractivity contribution is -0.132. The summed E-state index contributed by atoms with van der Waals surface area (Å²) in [5.41, 5.74) is 1.27. The molecule has 0 radical (unpaired) electrons. The summed E-state index contributed by atoms with van der Waals surface area (Å²) in [5, 5.41) is 11.8. The van der Waals surface area contributed by atoms with Crippen molar-refractivity contribution in [1.29, 1.82) is 0 Å². The van der Waals surface area contributed by atoms with Gasteiger partial charge in [-0.3, -0.25) is 14.5 Å². The molecule has 0 saturated carbocycles. The van der Waals surface area contributed by atoms with Gasteiger partial charge in [-0.25, -0.2) is 0 Å². The van der Waals surface area contributed by atoms with E-state index in [1.165, 1.54) is 12.0 Å². The van der Waals surface area contributed by atoms with E-state index < -0.39 is 17.7 Å². The number of aliphatic hydroxyl groups excluding tert-OH is 1. The molecule has 1 aliphatic rings. The number of ether oxygens (including phenoxy) is 3. The number of Topliss-reactive ketones (excluding diaryl/α,β-unsaturated/α-hetero) is 1. The van der Waals surface area contributed by atoms with Crippen LogP contribution in [0.3, 0.4) is 0 Å². The number of aliphatic hydroxyl groups is 1. The average Bonchev–Trinajstić information content (AvgIpc) is 3.13. The van der Waals surface area contributed by atoms with Crippen molar-refractivity contribution in [3.8, 4) is 17.2 Å². The van der Waals surface area contributed by atoms with Gasteiger partial charge in [-0.1, -0.05) is 35.9 Å². The van der Waals surface area contributed by atoms with E-state index in [-0.39, 0.29) is 17.4 Å². The van der Waals surface area contributed by atoms with Gasteiger partial charge < -0.3 is 19.3 Å². The molecule has 3 aromatic carbocycles. The first-order chi connectivity index (χ1) is 17.7. The Labute approximate surface area is 220 Å². The fraction of sp³-hybridized carbons (Fsp3) is 0.241. The molecule has 37 heavy (non-hydrogen) atoms. The number of benzene rings is 3. The van der Waals surface area contributed by atoms with Gasteiger partial charge in [0.1, 0.15) is 11.5 Å². The first kappa shape index (κ1) is 26.1. The second-order valence-electron chi connectivity index (χ2n) is 8.69. The summed E-state index contributed by atoms with van der Waals surface area (Å²) in [4.78, 5) is 28.2. The number of nitrogens with zero attached hydrogens (tertiary/aromatic N) is 1. The van der Waals surface area contributed by atoms with Crippen LogP contribution in [0.4, 0.5) is 5.69 Å². The third kappa shape index (κ3) is 5.27. The normalized spacial score (nSPS) is 16.8. The Morgan fingerprint density at radius 1 is 1.03 bits per heavy atom. The Hall–Kier alpha value is -3.97. The van der Waals surface area contributed by atoms with Gasteiger partial charge in [-0.2, -0.15) is 0 Å². The van der Waals surface area contributed by atoms with E-state index in [2.05, 4.69) is 0 Å². The Morgan fingerprint density at radius 3 is 2.46 bits per heavy atom. The number of carbonyl (C=O) groups is 2. The molecule has 0 spiro atoms. The minimum atomic E-state index is -0.946. The molecule has 0 aliphatic carbocycles. The maximum Gasteiger partial charge on any atom is 0.300 e. The number of methoxy groups -OCH3 is 1. The molecule has 1 unspecified atom stereocenters. The van der Waals surface area contributed by atoms with Crippen LogP contribution in [0.2, 0.25) is 5.02 Å². The van der Waals surface area contributed by atoms with Gasteiger partial charge in [0.25, 0.3) is 11.7 Å².